The monoisotopic (exact) mass is 758 g/mol. The summed E-state index contributed by atoms with van der Waals surface area (Å²) in [6, 6.07) is 11.5. The average Bonchev–Trinajstić information content (AvgIpc) is 3.94. The number of unbranched alkanes of at least 4 members (excludes halogenated alkanes) is 4. The number of aryl methyl sites for hydroxylation is 1. The third kappa shape index (κ3) is 8.58. The fourth-order valence-corrected chi connectivity index (χ4v) is 9.03. The Labute approximate surface area is 331 Å². The van der Waals surface area contributed by atoms with Gasteiger partial charge in [-0.25, -0.2) is 0 Å². The second-order valence-electron chi connectivity index (χ2n) is 16.3. The maximum atomic E-state index is 13.7. The molecule has 1 saturated carbocycles. The minimum absolute atomic E-state index is 0.120. The lowest BCUT2D eigenvalue weighted by molar-refractivity contribution is -0.126. The number of nitrogens with zero attached hydrogens (tertiary/aromatic N) is 1. The Morgan fingerprint density at radius 2 is 1.77 bits per heavy atom. The summed E-state index contributed by atoms with van der Waals surface area (Å²) in [6.45, 7) is 4.31. The average molecular weight is 759 g/mol. The van der Waals surface area contributed by atoms with E-state index in [4.69, 9.17) is 20.9 Å². The molecule has 4 aromatic rings. The van der Waals surface area contributed by atoms with Crippen molar-refractivity contribution in [3.8, 4) is 35.4 Å². The zero-order valence-electron chi connectivity index (χ0n) is 33.0. The SMILES string of the molecule is CCCCC[C@@H](O)[C@@H](CCCCC)C(=O)CCc1ccc2c(c1)O[C@@H]1[C@@H](C#C[C@H](O)c3ccc(C(N)N)cc3Cc3c[nH]c4cn1cc34)C1(C#CO2)CCCC1. The summed E-state index contributed by atoms with van der Waals surface area (Å²) in [7, 11) is 0. The molecule has 2 aromatic heterocycles. The lowest BCUT2D eigenvalue weighted by Crippen LogP contribution is -2.35. The number of nitrogens with two attached hydrogens (primary N) is 2. The Bertz CT molecular complexity index is 2120. The molecule has 0 amide bonds. The van der Waals surface area contributed by atoms with Crippen molar-refractivity contribution in [2.24, 2.45) is 28.7 Å². The lowest BCUT2D eigenvalue weighted by Gasteiger charge is -2.35. The number of aliphatic hydroxyl groups excluding tert-OH is 2. The van der Waals surface area contributed by atoms with E-state index in [-0.39, 0.29) is 11.7 Å². The zero-order valence-corrected chi connectivity index (χ0v) is 33.0. The van der Waals surface area contributed by atoms with Crippen LogP contribution in [-0.2, 0) is 17.6 Å². The molecular weight excluding hydrogens is 701 g/mol. The minimum atomic E-state index is -1.06. The first-order valence-electron chi connectivity index (χ1n) is 20.9. The van der Waals surface area contributed by atoms with Crippen molar-refractivity contribution in [3.63, 3.8) is 0 Å². The Kier molecular flexibility index (Phi) is 12.6. The van der Waals surface area contributed by atoms with Gasteiger partial charge in [-0.1, -0.05) is 107 Å². The van der Waals surface area contributed by atoms with Crippen molar-refractivity contribution in [1.82, 2.24) is 9.55 Å². The fraction of sp³-hybridized carbons (Fsp3) is 0.511. The number of hydrogen-bond acceptors (Lipinski definition) is 7. The van der Waals surface area contributed by atoms with Crippen molar-refractivity contribution < 1.29 is 24.5 Å². The topological polar surface area (TPSA) is 149 Å². The number of ether oxygens (including phenoxy) is 2. The fourth-order valence-electron chi connectivity index (χ4n) is 9.03. The van der Waals surface area contributed by atoms with E-state index in [0.29, 0.717) is 37.2 Å². The van der Waals surface area contributed by atoms with Crippen LogP contribution in [0.2, 0.25) is 0 Å². The van der Waals surface area contributed by atoms with E-state index in [0.717, 1.165) is 109 Å². The molecule has 3 aliphatic rings. The summed E-state index contributed by atoms with van der Waals surface area (Å²) in [4.78, 5) is 17.2. The van der Waals surface area contributed by atoms with Gasteiger partial charge in [0.15, 0.2) is 17.7 Å². The number of carbonyl (C=O) groups excluding carboxylic acids is 1. The molecule has 1 spiro atoms. The number of Topliss-reactive ketones (excluding diaryl/α,β-unsaturated/α-hetero) is 1. The first-order valence-corrected chi connectivity index (χ1v) is 20.9. The molecule has 7 N–H and O–H groups in total. The third-order valence-electron chi connectivity index (χ3n) is 12.3. The number of rotatable bonds is 14. The first-order chi connectivity index (χ1) is 27.2. The van der Waals surface area contributed by atoms with Gasteiger partial charge in [-0.2, -0.15) is 0 Å². The van der Waals surface area contributed by atoms with E-state index >= 15 is 0 Å². The van der Waals surface area contributed by atoms with Crippen LogP contribution in [0, 0.1) is 41.1 Å². The zero-order chi connectivity index (χ0) is 39.2. The summed E-state index contributed by atoms with van der Waals surface area (Å²) in [5, 5.41) is 23.9. The summed E-state index contributed by atoms with van der Waals surface area (Å²) in [6.07, 6.45) is 18.9. The molecule has 7 rings (SSSR count). The first kappa shape index (κ1) is 39.7. The van der Waals surface area contributed by atoms with Crippen LogP contribution in [0.4, 0.5) is 0 Å². The molecule has 2 aliphatic heterocycles. The number of nitrogens with one attached hydrogen (secondary N) is 1. The van der Waals surface area contributed by atoms with Crippen LogP contribution in [0.1, 0.15) is 144 Å². The highest BCUT2D eigenvalue weighted by molar-refractivity contribution is 5.83. The third-order valence-corrected chi connectivity index (χ3v) is 12.3. The number of H-pyrrole nitrogens is 1. The second kappa shape index (κ2) is 17.7. The molecule has 2 bridgehead atoms. The molecule has 0 radical (unpaired) electrons. The largest absolute Gasteiger partial charge is 0.465 e. The minimum Gasteiger partial charge on any atom is -0.465 e. The molecule has 0 unspecified atom stereocenters. The number of carbonyl (C=O) groups is 1. The highest BCUT2D eigenvalue weighted by Crippen LogP contribution is 2.50. The maximum Gasteiger partial charge on any atom is 0.191 e. The standard InChI is InChI=1S/C47H58N4O5/c1-3-5-7-11-36(40(52)12-8-6-4-2)42(54)18-13-31-14-20-43-44(25-31)56-46-38(47(23-24-55-43)21-9-10-22-47)17-19-41(53)35-16-15-32(45(48)49)26-33(35)27-34-28-50-39-30-51(46)29-37(34)39/h14-16,20,25-26,28-30,36,38,40-41,45-46,50,52-53H,3-13,18,21-22,27,48-49H2,1-2H3/t36-,38-,40-,41+,46-/m1/s1. The Hall–Kier alpha value is -4.51. The van der Waals surface area contributed by atoms with Crippen molar-refractivity contribution in [2.45, 2.75) is 135 Å². The summed E-state index contributed by atoms with van der Waals surface area (Å²) in [5.74, 6) is 10.7. The number of ketones is 1. The number of aromatic amines is 1. The van der Waals surface area contributed by atoms with Gasteiger partial charge in [0.1, 0.15) is 18.0 Å². The van der Waals surface area contributed by atoms with Crippen molar-refractivity contribution in [1.29, 1.82) is 0 Å². The van der Waals surface area contributed by atoms with Crippen molar-refractivity contribution in [2.75, 3.05) is 0 Å². The van der Waals surface area contributed by atoms with E-state index < -0.39 is 35.9 Å². The Balaban J connectivity index is 1.23. The van der Waals surface area contributed by atoms with E-state index in [2.05, 4.69) is 59.7 Å². The molecule has 56 heavy (non-hydrogen) atoms. The van der Waals surface area contributed by atoms with Crippen LogP contribution >= 0.6 is 0 Å². The molecule has 1 fully saturated rings. The highest BCUT2D eigenvalue weighted by atomic mass is 16.5. The number of aromatic nitrogens is 2. The number of hydrogen-bond donors (Lipinski definition) is 5. The molecule has 2 aromatic carbocycles. The number of aliphatic hydroxyl groups is 2. The molecule has 0 saturated heterocycles. The lowest BCUT2D eigenvalue weighted by atomic mass is 9.73. The van der Waals surface area contributed by atoms with E-state index in [1.54, 1.807) is 0 Å². The predicted molar refractivity (Wildman–Crippen MR) is 219 cm³/mol. The summed E-state index contributed by atoms with van der Waals surface area (Å²) in [5.41, 5.74) is 17.0. The molecular formula is C47H58N4O5. The van der Waals surface area contributed by atoms with Gasteiger partial charge in [-0.3, -0.25) is 4.79 Å². The van der Waals surface area contributed by atoms with Crippen LogP contribution < -0.4 is 20.9 Å². The Morgan fingerprint density at radius 1 is 0.982 bits per heavy atom. The van der Waals surface area contributed by atoms with E-state index in [1.807, 2.05) is 42.6 Å². The van der Waals surface area contributed by atoms with E-state index in [1.165, 1.54) is 0 Å². The van der Waals surface area contributed by atoms with Crippen LogP contribution in [0.25, 0.3) is 10.9 Å². The van der Waals surface area contributed by atoms with Crippen LogP contribution in [-0.4, -0.2) is 31.7 Å². The Morgan fingerprint density at radius 3 is 2.54 bits per heavy atom. The smallest absolute Gasteiger partial charge is 0.191 e. The van der Waals surface area contributed by atoms with Gasteiger partial charge in [0.25, 0.3) is 0 Å². The van der Waals surface area contributed by atoms with Gasteiger partial charge in [-0.05, 0) is 72.1 Å². The van der Waals surface area contributed by atoms with Gasteiger partial charge in [0.2, 0.25) is 0 Å². The maximum absolute atomic E-state index is 13.7. The number of benzene rings is 2. The summed E-state index contributed by atoms with van der Waals surface area (Å²) >= 11 is 0. The van der Waals surface area contributed by atoms with Crippen LogP contribution in [0.3, 0.4) is 0 Å². The molecule has 9 heteroatoms. The van der Waals surface area contributed by atoms with Gasteiger partial charge in [0.05, 0.1) is 29.1 Å². The quantitative estimate of drug-likeness (QED) is 0.0494. The molecule has 5 atom stereocenters. The van der Waals surface area contributed by atoms with Gasteiger partial charge in [0, 0.05) is 42.7 Å². The molecule has 4 heterocycles. The number of fused-ring (bicyclic) bond motifs is 6. The van der Waals surface area contributed by atoms with Gasteiger partial charge in [-0.15, -0.1) is 0 Å². The molecule has 1 aliphatic carbocycles. The second-order valence-corrected chi connectivity index (χ2v) is 16.3. The van der Waals surface area contributed by atoms with E-state index in [9.17, 15) is 15.0 Å². The van der Waals surface area contributed by atoms with Gasteiger partial charge < -0.3 is 40.7 Å². The van der Waals surface area contributed by atoms with Crippen molar-refractivity contribution in [3.05, 3.63) is 82.8 Å². The molecule has 296 valence electrons. The van der Waals surface area contributed by atoms with Crippen LogP contribution in [0.15, 0.2) is 55.0 Å². The summed E-state index contributed by atoms with van der Waals surface area (Å²) < 4.78 is 15.4. The van der Waals surface area contributed by atoms with Crippen LogP contribution in [0.5, 0.6) is 11.5 Å². The highest BCUT2D eigenvalue weighted by Gasteiger charge is 2.46. The van der Waals surface area contributed by atoms with Gasteiger partial charge >= 0.3 is 0 Å². The van der Waals surface area contributed by atoms with Crippen molar-refractivity contribution >= 4 is 16.7 Å². The normalized spacial score (nSPS) is 20.7. The predicted octanol–water partition coefficient (Wildman–Crippen LogP) is 8.27. The molecule has 9 nitrogen and oxygen atoms in total.